The molecule has 6 nitrogen and oxygen atoms in total. The Bertz CT molecular complexity index is 423. The first-order valence-corrected chi connectivity index (χ1v) is 12.5. The maximum absolute atomic E-state index is 10.7. The predicted octanol–water partition coefficient (Wildman–Crippen LogP) is 5.25. The molecule has 0 spiro atoms. The molecule has 0 aromatic heterocycles. The van der Waals surface area contributed by atoms with Crippen molar-refractivity contribution in [1.82, 2.24) is 0 Å². The van der Waals surface area contributed by atoms with Crippen LogP contribution in [-0.4, -0.2) is 38.8 Å². The summed E-state index contributed by atoms with van der Waals surface area (Å²) in [6.07, 6.45) is 21.5. The van der Waals surface area contributed by atoms with Crippen LogP contribution in [0.4, 0.5) is 0 Å². The molecule has 1 atom stereocenters. The van der Waals surface area contributed by atoms with Gasteiger partial charge in [-0.2, -0.15) is 0 Å². The Morgan fingerprint density at radius 2 is 1.29 bits per heavy atom. The molecule has 0 aliphatic rings. The van der Waals surface area contributed by atoms with Gasteiger partial charge in [-0.1, -0.05) is 83.3 Å². The van der Waals surface area contributed by atoms with Crippen molar-refractivity contribution in [2.75, 3.05) is 13.2 Å². The molecule has 0 amide bonds. The Balaban J connectivity index is 3.49. The summed E-state index contributed by atoms with van der Waals surface area (Å²) < 4.78 is 15.0. The number of allylic oxidation sites excluding steroid dienone is 2. The number of hydrogen-bond donors (Lipinski definition) is 4. The number of unbranched alkanes of at least 4 members (excludes halogenated alkanes) is 12. The molecule has 0 aliphatic heterocycles. The smallest absolute Gasteiger partial charge is 0.393 e. The van der Waals surface area contributed by atoms with E-state index in [9.17, 15) is 14.8 Å². The average molecular weight is 423 g/mol. The van der Waals surface area contributed by atoms with E-state index in [0.29, 0.717) is 6.42 Å². The third-order valence-corrected chi connectivity index (χ3v) is 5.42. The summed E-state index contributed by atoms with van der Waals surface area (Å²) in [5.41, 5.74) is -1.58. The Labute approximate surface area is 171 Å². The number of aliphatic hydroxyl groups is 2. The quantitative estimate of drug-likeness (QED) is 0.121. The summed E-state index contributed by atoms with van der Waals surface area (Å²) in [6, 6.07) is 0. The van der Waals surface area contributed by atoms with Crippen LogP contribution in [0.15, 0.2) is 12.2 Å². The Morgan fingerprint density at radius 3 is 1.75 bits per heavy atom. The molecule has 28 heavy (non-hydrogen) atoms. The van der Waals surface area contributed by atoms with E-state index < -0.39 is 26.6 Å². The monoisotopic (exact) mass is 422 g/mol. The lowest BCUT2D eigenvalue weighted by molar-refractivity contribution is -0.0600. The maximum Gasteiger partial charge on any atom is 0.469 e. The highest BCUT2D eigenvalue weighted by molar-refractivity contribution is 7.46. The lowest BCUT2D eigenvalue weighted by Gasteiger charge is -2.25. The third-order valence-electron chi connectivity index (χ3n) is 4.95. The molecule has 7 heteroatoms. The number of rotatable bonds is 20. The predicted molar refractivity (Wildman–Crippen MR) is 114 cm³/mol. The normalized spacial score (nSPS) is 14.6. The van der Waals surface area contributed by atoms with Crippen LogP contribution in [0.2, 0.25) is 0 Å². The first kappa shape index (κ1) is 27.8. The Hall–Kier alpha value is -0.230. The summed E-state index contributed by atoms with van der Waals surface area (Å²) in [5, 5.41) is 19.3. The van der Waals surface area contributed by atoms with Crippen molar-refractivity contribution in [3.05, 3.63) is 12.2 Å². The molecule has 0 bridgehead atoms. The molecule has 0 radical (unpaired) electrons. The number of hydrogen-bond acceptors (Lipinski definition) is 4. The minimum Gasteiger partial charge on any atom is -0.393 e. The van der Waals surface area contributed by atoms with Gasteiger partial charge in [-0.3, -0.25) is 4.52 Å². The van der Waals surface area contributed by atoms with Gasteiger partial charge in [0.15, 0.2) is 0 Å². The summed E-state index contributed by atoms with van der Waals surface area (Å²) >= 11 is 0. The van der Waals surface area contributed by atoms with Crippen molar-refractivity contribution in [3.63, 3.8) is 0 Å². The van der Waals surface area contributed by atoms with Gasteiger partial charge in [0.25, 0.3) is 0 Å². The minimum absolute atomic E-state index is 0.269. The highest BCUT2D eigenvalue weighted by Crippen LogP contribution is 2.37. The van der Waals surface area contributed by atoms with Gasteiger partial charge in [0.1, 0.15) is 5.60 Å². The highest BCUT2D eigenvalue weighted by Gasteiger charge is 2.29. The van der Waals surface area contributed by atoms with Crippen LogP contribution in [0.1, 0.15) is 103 Å². The van der Waals surface area contributed by atoms with Gasteiger partial charge in [0, 0.05) is 0 Å². The zero-order valence-corrected chi connectivity index (χ0v) is 18.6. The van der Waals surface area contributed by atoms with Gasteiger partial charge in [-0.15, -0.1) is 0 Å². The summed E-state index contributed by atoms with van der Waals surface area (Å²) in [6.45, 7) is 1.12. The van der Waals surface area contributed by atoms with Gasteiger partial charge < -0.3 is 20.0 Å². The van der Waals surface area contributed by atoms with Crippen LogP contribution in [0, 0.1) is 0 Å². The van der Waals surface area contributed by atoms with E-state index in [2.05, 4.69) is 23.6 Å². The van der Waals surface area contributed by atoms with E-state index in [1.54, 1.807) is 0 Å². The Morgan fingerprint density at radius 1 is 0.821 bits per heavy atom. The molecule has 0 fully saturated rings. The molecule has 4 N–H and O–H groups in total. The first-order chi connectivity index (χ1) is 13.3. The lowest BCUT2D eigenvalue weighted by Crippen LogP contribution is -2.38. The molecule has 0 rings (SSSR count). The van der Waals surface area contributed by atoms with Crippen molar-refractivity contribution in [1.29, 1.82) is 0 Å². The van der Waals surface area contributed by atoms with Crippen LogP contribution in [-0.2, 0) is 9.09 Å². The second-order valence-corrected chi connectivity index (χ2v) is 9.07. The second kappa shape index (κ2) is 17.6. The fourth-order valence-corrected chi connectivity index (χ4v) is 3.51. The van der Waals surface area contributed by atoms with Crippen molar-refractivity contribution >= 4 is 7.82 Å². The highest BCUT2D eigenvalue weighted by atomic mass is 31.2. The van der Waals surface area contributed by atoms with Gasteiger partial charge in [-0.25, -0.2) is 4.57 Å². The van der Waals surface area contributed by atoms with Crippen LogP contribution in [0.25, 0.3) is 0 Å². The molecule has 0 aliphatic carbocycles. The third kappa shape index (κ3) is 19.1. The summed E-state index contributed by atoms with van der Waals surface area (Å²) in [4.78, 5) is 17.4. The van der Waals surface area contributed by atoms with E-state index in [4.69, 9.17) is 9.79 Å². The molecule has 0 heterocycles. The van der Waals surface area contributed by atoms with Crippen molar-refractivity contribution in [2.45, 2.75) is 109 Å². The largest absolute Gasteiger partial charge is 0.469 e. The topological polar surface area (TPSA) is 107 Å². The standard InChI is InChI=1S/C21H43O6P/c1-2-3-4-5-6-7-8-9-10-11-12-13-14-15-16-17-18-21(23,19-22)20-27-28(24,25)26/h9-10,22-23H,2-8,11-20H2,1H3,(H2,24,25,26)/b10-9-. The van der Waals surface area contributed by atoms with Crippen LogP contribution >= 0.6 is 7.82 Å². The van der Waals surface area contributed by atoms with Crippen molar-refractivity contribution in [3.8, 4) is 0 Å². The van der Waals surface area contributed by atoms with Crippen molar-refractivity contribution in [2.24, 2.45) is 0 Å². The fourth-order valence-electron chi connectivity index (χ4n) is 3.10. The number of phosphoric acid groups is 1. The average Bonchev–Trinajstić information content (AvgIpc) is 2.65. The van der Waals surface area contributed by atoms with Crippen molar-refractivity contribution < 1.29 is 29.1 Å². The van der Waals surface area contributed by atoms with E-state index >= 15 is 0 Å². The number of phosphoric ester groups is 1. The second-order valence-electron chi connectivity index (χ2n) is 7.83. The van der Waals surface area contributed by atoms with Gasteiger partial charge in [-0.05, 0) is 32.1 Å². The molecule has 1 unspecified atom stereocenters. The van der Waals surface area contributed by atoms with Crippen LogP contribution < -0.4 is 0 Å². The van der Waals surface area contributed by atoms with E-state index in [0.717, 1.165) is 25.7 Å². The molecule has 0 saturated carbocycles. The van der Waals surface area contributed by atoms with E-state index in [1.165, 1.54) is 57.8 Å². The van der Waals surface area contributed by atoms with E-state index in [-0.39, 0.29) is 6.42 Å². The fraction of sp³-hybridized carbons (Fsp3) is 0.905. The lowest BCUT2D eigenvalue weighted by atomic mass is 9.97. The van der Waals surface area contributed by atoms with Gasteiger partial charge >= 0.3 is 7.82 Å². The number of aliphatic hydroxyl groups excluding tert-OH is 1. The molecular weight excluding hydrogens is 379 g/mol. The minimum atomic E-state index is -4.63. The van der Waals surface area contributed by atoms with Gasteiger partial charge in [0.05, 0.1) is 13.2 Å². The zero-order chi connectivity index (χ0) is 21.1. The van der Waals surface area contributed by atoms with Crippen LogP contribution in [0.5, 0.6) is 0 Å². The van der Waals surface area contributed by atoms with Gasteiger partial charge in [0.2, 0.25) is 0 Å². The first-order valence-electron chi connectivity index (χ1n) is 11.0. The Kier molecular flexibility index (Phi) is 17.5. The van der Waals surface area contributed by atoms with Crippen LogP contribution in [0.3, 0.4) is 0 Å². The summed E-state index contributed by atoms with van der Waals surface area (Å²) in [7, 11) is -4.63. The molecule has 0 saturated heterocycles. The van der Waals surface area contributed by atoms with E-state index in [1.807, 2.05) is 0 Å². The summed E-state index contributed by atoms with van der Waals surface area (Å²) in [5.74, 6) is 0. The molecule has 0 aromatic carbocycles. The maximum atomic E-state index is 10.7. The zero-order valence-electron chi connectivity index (χ0n) is 17.7. The SMILES string of the molecule is CCCCCCCC/C=C\CCCCCCCCC(O)(CO)COP(=O)(O)O. The molecular formula is C21H43O6P. The molecule has 0 aromatic rings. The molecule has 168 valence electrons.